The van der Waals surface area contributed by atoms with Crippen LogP contribution in [0.1, 0.15) is 52.4 Å². The summed E-state index contributed by atoms with van der Waals surface area (Å²) in [6, 6.07) is 20.0. The van der Waals surface area contributed by atoms with Gasteiger partial charge in [-0.1, -0.05) is 60.7 Å². The molecule has 2 aliphatic heterocycles. The zero-order valence-electron chi connectivity index (χ0n) is 23.5. The van der Waals surface area contributed by atoms with Crippen molar-refractivity contribution in [2.24, 2.45) is 0 Å². The van der Waals surface area contributed by atoms with E-state index in [9.17, 15) is 35.1 Å². The lowest BCUT2D eigenvalue weighted by molar-refractivity contribution is -0.143. The Labute approximate surface area is 252 Å². The molecular formula is C31H27F8N5O. The second-order valence-corrected chi connectivity index (χ2v) is 11.3. The number of hydrogen-bond acceptors (Lipinski definition) is 5. The van der Waals surface area contributed by atoms with Crippen LogP contribution in [0, 0.1) is 0 Å². The van der Waals surface area contributed by atoms with Crippen LogP contribution < -0.4 is 0 Å². The van der Waals surface area contributed by atoms with E-state index in [0.717, 1.165) is 15.9 Å². The number of rotatable bonds is 9. The number of fused-ring (bicyclic) bond motifs is 2. The quantitative estimate of drug-likeness (QED) is 0.182. The van der Waals surface area contributed by atoms with Gasteiger partial charge in [0.05, 0.1) is 29.4 Å². The smallest absolute Gasteiger partial charge is 0.371 e. The van der Waals surface area contributed by atoms with E-state index in [4.69, 9.17) is 4.74 Å². The number of aromatic nitrogens is 4. The maximum atomic E-state index is 13.5. The summed E-state index contributed by atoms with van der Waals surface area (Å²) in [6.45, 7) is -0.778. The molecule has 0 N–H and O–H groups in total. The highest BCUT2D eigenvalue weighted by Gasteiger charge is 2.64. The minimum Gasteiger partial charge on any atom is -0.371 e. The molecular weight excluding hydrogens is 610 g/mol. The van der Waals surface area contributed by atoms with E-state index in [1.165, 1.54) is 0 Å². The van der Waals surface area contributed by atoms with Crippen LogP contribution in [0.4, 0.5) is 35.1 Å². The minimum absolute atomic E-state index is 0.0902. The number of nitrogens with zero attached hydrogens (tertiary/aromatic N) is 5. The van der Waals surface area contributed by atoms with Crippen LogP contribution in [0.25, 0.3) is 0 Å². The van der Waals surface area contributed by atoms with E-state index in [1.807, 2.05) is 60.7 Å². The summed E-state index contributed by atoms with van der Waals surface area (Å²) in [5.41, 5.74) is -2.18. The second kappa shape index (κ2) is 11.8. The molecule has 14 heteroatoms. The van der Waals surface area contributed by atoms with Crippen molar-refractivity contribution in [3.63, 3.8) is 0 Å². The van der Waals surface area contributed by atoms with Crippen molar-refractivity contribution in [1.82, 2.24) is 25.1 Å². The molecule has 4 atom stereocenters. The minimum atomic E-state index is -4.98. The van der Waals surface area contributed by atoms with Gasteiger partial charge in [0, 0.05) is 18.5 Å². The second-order valence-electron chi connectivity index (χ2n) is 11.3. The van der Waals surface area contributed by atoms with Crippen LogP contribution in [-0.2, 0) is 42.3 Å². The first-order valence-electron chi connectivity index (χ1n) is 14.2. The summed E-state index contributed by atoms with van der Waals surface area (Å²) >= 11 is 0. The summed E-state index contributed by atoms with van der Waals surface area (Å²) in [6.07, 6.45) is -12.6. The molecule has 0 saturated carbocycles. The molecule has 2 aliphatic rings. The molecule has 6 nitrogen and oxygen atoms in total. The van der Waals surface area contributed by atoms with Crippen LogP contribution in [0.2, 0.25) is 0 Å². The molecule has 6 rings (SSSR count). The summed E-state index contributed by atoms with van der Waals surface area (Å²) < 4.78 is 114. The van der Waals surface area contributed by atoms with Crippen LogP contribution in [0.3, 0.4) is 0 Å². The molecule has 0 radical (unpaired) electrons. The van der Waals surface area contributed by atoms with Crippen LogP contribution in [0.15, 0.2) is 78.9 Å². The van der Waals surface area contributed by atoms with E-state index >= 15 is 0 Å². The summed E-state index contributed by atoms with van der Waals surface area (Å²) in [5.74, 6) is -0.0757. The third-order valence-electron chi connectivity index (χ3n) is 8.57. The van der Waals surface area contributed by atoms with Crippen molar-refractivity contribution in [3.8, 4) is 0 Å². The lowest BCUT2D eigenvalue weighted by Gasteiger charge is -2.40. The highest BCUT2D eigenvalue weighted by Crippen LogP contribution is 2.59. The molecule has 3 aromatic carbocycles. The Hall–Kier alpha value is -3.91. The molecule has 3 heterocycles. The molecule has 238 valence electrons. The van der Waals surface area contributed by atoms with E-state index in [0.29, 0.717) is 31.5 Å². The first-order chi connectivity index (χ1) is 21.3. The fraction of sp³-hybridized carbons (Fsp3) is 0.387. The predicted octanol–water partition coefficient (Wildman–Crippen LogP) is 7.22. The molecule has 4 aromatic rings. The maximum absolute atomic E-state index is 13.5. The van der Waals surface area contributed by atoms with Crippen molar-refractivity contribution in [3.05, 3.63) is 113 Å². The molecule has 4 unspecified atom stereocenters. The fourth-order valence-electron chi connectivity index (χ4n) is 6.73. The van der Waals surface area contributed by atoms with Gasteiger partial charge in [0.25, 0.3) is 6.43 Å². The van der Waals surface area contributed by atoms with Gasteiger partial charge in [0.1, 0.15) is 6.54 Å². The molecule has 0 aliphatic carbocycles. The van der Waals surface area contributed by atoms with Crippen LogP contribution in [-0.4, -0.2) is 43.7 Å². The molecule has 0 amide bonds. The monoisotopic (exact) mass is 637 g/mol. The summed E-state index contributed by atoms with van der Waals surface area (Å²) in [5, 5.41) is 12.1. The van der Waals surface area contributed by atoms with Gasteiger partial charge in [-0.2, -0.15) is 31.1 Å². The van der Waals surface area contributed by atoms with Gasteiger partial charge < -0.3 is 4.74 Å². The zero-order chi connectivity index (χ0) is 32.0. The van der Waals surface area contributed by atoms with Crippen molar-refractivity contribution < 1.29 is 39.9 Å². The number of hydrogen-bond donors (Lipinski definition) is 0. The van der Waals surface area contributed by atoms with E-state index < -0.39 is 54.7 Å². The third kappa shape index (κ3) is 6.17. The highest BCUT2D eigenvalue weighted by atomic mass is 19.4. The average Bonchev–Trinajstić information content (AvgIpc) is 3.67. The number of ether oxygens (including phenoxy) is 1. The van der Waals surface area contributed by atoms with Crippen molar-refractivity contribution in [2.45, 2.75) is 74.9 Å². The standard InChI is InChI=1S/C31H27F8N5O/c32-27(33)17-44-41-28(40-42-44)24-15-29(21-9-5-2-6-10-21)26(14-25(24)43(29)16-19-7-3-1-4-8-19)45-18-20-11-22(30(34,35)36)13-23(12-20)31(37,38)39/h1-13,24-27H,14-18H2. The first kappa shape index (κ1) is 31.1. The van der Waals surface area contributed by atoms with Crippen molar-refractivity contribution in [2.75, 3.05) is 0 Å². The van der Waals surface area contributed by atoms with Gasteiger partial charge in [0.15, 0.2) is 5.82 Å². The number of halogens is 8. The number of alkyl halides is 8. The Morgan fingerprint density at radius 1 is 0.844 bits per heavy atom. The van der Waals surface area contributed by atoms with Crippen LogP contribution >= 0.6 is 0 Å². The fourth-order valence-corrected chi connectivity index (χ4v) is 6.73. The Morgan fingerprint density at radius 2 is 1.47 bits per heavy atom. The van der Waals surface area contributed by atoms with Gasteiger partial charge in [-0.3, -0.25) is 4.90 Å². The third-order valence-corrected chi connectivity index (χ3v) is 8.57. The first-order valence-corrected chi connectivity index (χ1v) is 14.2. The Balaban J connectivity index is 1.38. The topological polar surface area (TPSA) is 56.1 Å². The molecule has 1 aromatic heterocycles. The largest absolute Gasteiger partial charge is 0.416 e. The normalized spacial score (nSPS) is 23.7. The van der Waals surface area contributed by atoms with Crippen LogP contribution in [0.5, 0.6) is 0 Å². The van der Waals surface area contributed by atoms with Gasteiger partial charge in [-0.15, -0.1) is 10.2 Å². The van der Waals surface area contributed by atoms with Crippen molar-refractivity contribution >= 4 is 0 Å². The van der Waals surface area contributed by atoms with Gasteiger partial charge in [-0.25, -0.2) is 8.78 Å². The zero-order valence-corrected chi connectivity index (χ0v) is 23.5. The highest BCUT2D eigenvalue weighted by molar-refractivity contribution is 5.37. The molecule has 2 fully saturated rings. The Morgan fingerprint density at radius 3 is 2.07 bits per heavy atom. The van der Waals surface area contributed by atoms with Gasteiger partial charge in [-0.05, 0) is 52.9 Å². The Bertz CT molecular complexity index is 1580. The lowest BCUT2D eigenvalue weighted by atomic mass is 9.74. The summed E-state index contributed by atoms with van der Waals surface area (Å²) in [4.78, 5) is 3.05. The number of benzene rings is 3. The van der Waals surface area contributed by atoms with E-state index in [1.54, 1.807) is 0 Å². The molecule has 2 saturated heterocycles. The molecule has 45 heavy (non-hydrogen) atoms. The van der Waals surface area contributed by atoms with Gasteiger partial charge in [0.2, 0.25) is 0 Å². The maximum Gasteiger partial charge on any atom is 0.416 e. The van der Waals surface area contributed by atoms with Gasteiger partial charge >= 0.3 is 12.4 Å². The lowest BCUT2D eigenvalue weighted by Crippen LogP contribution is -2.46. The SMILES string of the molecule is FC(F)Cn1nnc(C2CC3(c4ccccc4)C(OCc4cc(C(F)(F)F)cc(C(F)(F)F)c4)CC2N3Cc2ccccc2)n1. The molecule has 0 spiro atoms. The van der Waals surface area contributed by atoms with E-state index in [-0.39, 0.29) is 29.4 Å². The summed E-state index contributed by atoms with van der Waals surface area (Å²) in [7, 11) is 0. The molecule has 2 bridgehead atoms. The number of tetrazole rings is 1. The average molecular weight is 638 g/mol. The van der Waals surface area contributed by atoms with Crippen molar-refractivity contribution in [1.29, 1.82) is 0 Å². The predicted molar refractivity (Wildman–Crippen MR) is 145 cm³/mol. The van der Waals surface area contributed by atoms with E-state index in [2.05, 4.69) is 20.3 Å². The Kier molecular flexibility index (Phi) is 8.14.